The number of carboxylic acid groups (broad SMARTS) is 1. The van der Waals surface area contributed by atoms with E-state index in [-0.39, 0.29) is 34.6 Å². The van der Waals surface area contributed by atoms with E-state index < -0.39 is 27.8 Å². The Kier molecular flexibility index (Phi) is 6.30. The smallest absolute Gasteiger partial charge is 0.303 e. The van der Waals surface area contributed by atoms with Crippen molar-refractivity contribution in [2.24, 2.45) is 4.99 Å². The second kappa shape index (κ2) is 8.41. The summed E-state index contributed by atoms with van der Waals surface area (Å²) in [5, 5.41) is 9.04. The molecule has 2 aliphatic heterocycles. The predicted octanol–water partition coefficient (Wildman–Crippen LogP) is 1.82. The van der Waals surface area contributed by atoms with E-state index in [0.717, 1.165) is 0 Å². The molecule has 2 fully saturated rings. The van der Waals surface area contributed by atoms with E-state index in [9.17, 15) is 18.0 Å². The number of nitrogens with zero attached hydrogens (tertiary/aromatic N) is 2. The van der Waals surface area contributed by atoms with Crippen molar-refractivity contribution < 1.29 is 32.6 Å². The zero-order valence-electron chi connectivity index (χ0n) is 15.6. The average Bonchev–Trinajstić information content (AvgIpc) is 3.10. The van der Waals surface area contributed by atoms with Crippen LogP contribution in [0.5, 0.6) is 11.5 Å². The van der Waals surface area contributed by atoms with Gasteiger partial charge < -0.3 is 19.5 Å². The highest BCUT2D eigenvalue weighted by Crippen LogP contribution is 2.46. The summed E-state index contributed by atoms with van der Waals surface area (Å²) in [6.45, 7) is 0. The Labute approximate surface area is 176 Å². The lowest BCUT2D eigenvalue weighted by molar-refractivity contribution is -0.138. The van der Waals surface area contributed by atoms with Crippen LogP contribution in [0.1, 0.15) is 12.8 Å². The minimum absolute atomic E-state index is 0.0344. The quantitative estimate of drug-likeness (QED) is 0.674. The number of rotatable bonds is 6. The lowest BCUT2D eigenvalue weighted by Gasteiger charge is -2.26. The Balaban J connectivity index is 2.04. The van der Waals surface area contributed by atoms with Crippen LogP contribution in [-0.4, -0.2) is 67.6 Å². The molecule has 2 heterocycles. The Bertz CT molecular complexity index is 980. The van der Waals surface area contributed by atoms with Gasteiger partial charge in [0.25, 0.3) is 0 Å². The van der Waals surface area contributed by atoms with Gasteiger partial charge in [-0.3, -0.25) is 9.59 Å². The number of carboxylic acids is 1. The van der Waals surface area contributed by atoms with Gasteiger partial charge >= 0.3 is 5.97 Å². The normalized spacial score (nSPS) is 23.8. The summed E-state index contributed by atoms with van der Waals surface area (Å²) in [5.74, 6) is -1.07. The first-order chi connectivity index (χ1) is 13.6. The fraction of sp³-hybridized carbons (Fsp3) is 0.471. The molecule has 1 aromatic carbocycles. The zero-order chi connectivity index (χ0) is 21.3. The van der Waals surface area contributed by atoms with Gasteiger partial charge in [-0.1, -0.05) is 23.4 Å². The fourth-order valence-corrected chi connectivity index (χ4v) is 7.41. The molecule has 9 nitrogen and oxygen atoms in total. The van der Waals surface area contributed by atoms with Crippen molar-refractivity contribution in [3.05, 3.63) is 17.2 Å². The number of carbonyl (C=O) groups is 2. The molecule has 1 N–H and O–H groups in total. The molecule has 2 saturated heterocycles. The van der Waals surface area contributed by atoms with Crippen LogP contribution in [0.15, 0.2) is 17.1 Å². The van der Waals surface area contributed by atoms with Gasteiger partial charge in [-0.2, -0.15) is 4.99 Å². The van der Waals surface area contributed by atoms with Gasteiger partial charge in [0, 0.05) is 17.7 Å². The van der Waals surface area contributed by atoms with Gasteiger partial charge in [-0.15, -0.1) is 0 Å². The van der Waals surface area contributed by atoms with E-state index in [2.05, 4.69) is 4.99 Å². The molecule has 0 saturated carbocycles. The summed E-state index contributed by atoms with van der Waals surface area (Å²) < 4.78 is 35.0. The van der Waals surface area contributed by atoms with E-state index >= 15 is 0 Å². The standard InChI is InChI=1S/C17H19ClN2O7S2/c1-26-12-6-13(27-2)10(5-9(12)18)20-11-7-29(24,25)8-14(11)28-17(20)19-15(21)3-4-16(22)23/h5-6,11,14H,3-4,7-8H2,1-2H3,(H,22,23)/t11-,14-/m0/s1. The molecule has 29 heavy (non-hydrogen) atoms. The molecule has 0 aliphatic carbocycles. The number of aliphatic carboxylic acids is 1. The molecular weight excluding hydrogens is 444 g/mol. The number of anilines is 1. The number of carbonyl (C=O) groups excluding carboxylic acids is 1. The number of sulfone groups is 1. The SMILES string of the molecule is COc1cc(OC)c(N2C(=NC(=O)CCC(=O)O)S[C@H]3CS(=O)(=O)C[C@@H]32)cc1Cl. The van der Waals surface area contributed by atoms with Crippen molar-refractivity contribution in [1.29, 1.82) is 0 Å². The van der Waals surface area contributed by atoms with Crippen LogP contribution in [0, 0.1) is 0 Å². The number of hydrogen-bond acceptors (Lipinski definition) is 7. The van der Waals surface area contributed by atoms with E-state index in [1.54, 1.807) is 17.0 Å². The Morgan fingerprint density at radius 2 is 1.93 bits per heavy atom. The summed E-state index contributed by atoms with van der Waals surface area (Å²) >= 11 is 7.45. The summed E-state index contributed by atoms with van der Waals surface area (Å²) in [4.78, 5) is 28.6. The Morgan fingerprint density at radius 3 is 2.55 bits per heavy atom. The molecule has 2 aliphatic rings. The van der Waals surface area contributed by atoms with Crippen molar-refractivity contribution >= 4 is 55.9 Å². The molecule has 158 valence electrons. The van der Waals surface area contributed by atoms with Crippen LogP contribution in [0.25, 0.3) is 0 Å². The number of benzene rings is 1. The first-order valence-electron chi connectivity index (χ1n) is 8.56. The van der Waals surface area contributed by atoms with Crippen molar-refractivity contribution in [1.82, 2.24) is 0 Å². The maximum absolute atomic E-state index is 12.2. The Morgan fingerprint density at radius 1 is 1.24 bits per heavy atom. The van der Waals surface area contributed by atoms with Crippen LogP contribution < -0.4 is 14.4 Å². The van der Waals surface area contributed by atoms with Gasteiger partial charge in [0.15, 0.2) is 15.0 Å². The van der Waals surface area contributed by atoms with E-state index in [4.69, 9.17) is 26.2 Å². The molecular formula is C17H19ClN2O7S2. The molecule has 0 bridgehead atoms. The second-order valence-electron chi connectivity index (χ2n) is 6.51. The molecule has 1 amide bonds. The van der Waals surface area contributed by atoms with Gasteiger partial charge in [-0.25, -0.2) is 8.42 Å². The monoisotopic (exact) mass is 462 g/mol. The number of methoxy groups -OCH3 is 2. The zero-order valence-corrected chi connectivity index (χ0v) is 18.0. The van der Waals surface area contributed by atoms with Crippen LogP contribution >= 0.6 is 23.4 Å². The number of hydrogen-bond donors (Lipinski definition) is 1. The summed E-state index contributed by atoms with van der Waals surface area (Å²) in [7, 11) is -0.332. The minimum Gasteiger partial charge on any atom is -0.495 e. The third-order valence-corrected chi connectivity index (χ3v) is 8.06. The third kappa shape index (κ3) is 4.62. The first kappa shape index (κ1) is 21.7. The van der Waals surface area contributed by atoms with Crippen LogP contribution in [0.2, 0.25) is 5.02 Å². The topological polar surface area (TPSA) is 123 Å². The average molecular weight is 463 g/mol. The van der Waals surface area contributed by atoms with Crippen LogP contribution in [0.4, 0.5) is 5.69 Å². The van der Waals surface area contributed by atoms with E-state index in [0.29, 0.717) is 22.4 Å². The number of fused-ring (bicyclic) bond motifs is 1. The molecule has 2 atom stereocenters. The first-order valence-corrected chi connectivity index (χ1v) is 11.6. The third-order valence-electron chi connectivity index (χ3n) is 4.55. The van der Waals surface area contributed by atoms with E-state index in [1.807, 2.05) is 0 Å². The number of amidine groups is 1. The number of halogens is 1. The molecule has 1 aromatic rings. The highest BCUT2D eigenvalue weighted by Gasteiger charge is 2.50. The number of thioether (sulfide) groups is 1. The van der Waals surface area contributed by atoms with Crippen molar-refractivity contribution in [3.8, 4) is 11.5 Å². The molecule has 0 radical (unpaired) electrons. The highest BCUT2D eigenvalue weighted by molar-refractivity contribution is 8.16. The van der Waals surface area contributed by atoms with Crippen molar-refractivity contribution in [2.45, 2.75) is 24.1 Å². The maximum Gasteiger partial charge on any atom is 0.303 e. The summed E-state index contributed by atoms with van der Waals surface area (Å²) in [6.07, 6.45) is -0.583. The number of amides is 1. The lowest BCUT2D eigenvalue weighted by Crippen LogP contribution is -2.38. The molecule has 0 spiro atoms. The second-order valence-corrected chi connectivity index (χ2v) is 10.3. The molecule has 0 unspecified atom stereocenters. The van der Waals surface area contributed by atoms with Gasteiger partial charge in [0.1, 0.15) is 11.5 Å². The van der Waals surface area contributed by atoms with Gasteiger partial charge in [0.2, 0.25) is 5.91 Å². The molecule has 3 rings (SSSR count). The Hall–Kier alpha value is -1.98. The van der Waals surface area contributed by atoms with Crippen LogP contribution in [0.3, 0.4) is 0 Å². The minimum atomic E-state index is -3.24. The lowest BCUT2D eigenvalue weighted by atomic mass is 10.2. The number of aliphatic imine (C=N–C) groups is 1. The predicted molar refractivity (Wildman–Crippen MR) is 110 cm³/mol. The van der Waals surface area contributed by atoms with Crippen molar-refractivity contribution in [2.75, 3.05) is 30.6 Å². The van der Waals surface area contributed by atoms with E-state index in [1.165, 1.54) is 26.0 Å². The number of ether oxygens (including phenoxy) is 2. The molecule has 0 aromatic heterocycles. The van der Waals surface area contributed by atoms with Crippen LogP contribution in [-0.2, 0) is 19.4 Å². The highest BCUT2D eigenvalue weighted by atomic mass is 35.5. The van der Waals surface area contributed by atoms with Gasteiger partial charge in [0.05, 0.1) is 48.9 Å². The maximum atomic E-state index is 12.2. The fourth-order valence-electron chi connectivity index (χ4n) is 3.26. The summed E-state index contributed by atoms with van der Waals surface area (Å²) in [5.41, 5.74) is 0.459. The van der Waals surface area contributed by atoms with Crippen molar-refractivity contribution in [3.63, 3.8) is 0 Å². The molecule has 12 heteroatoms. The summed E-state index contributed by atoms with van der Waals surface area (Å²) in [6, 6.07) is 2.70. The van der Waals surface area contributed by atoms with Gasteiger partial charge in [-0.05, 0) is 6.07 Å². The largest absolute Gasteiger partial charge is 0.495 e.